The van der Waals surface area contributed by atoms with Crippen LogP contribution in [0.5, 0.6) is 11.5 Å². The Kier molecular flexibility index (Phi) is 13.0. The maximum Gasteiger partial charge on any atom is 0.258 e. The normalized spacial score (nSPS) is 20.2. The summed E-state index contributed by atoms with van der Waals surface area (Å²) in [7, 11) is 3.20. The average molecular weight is 548 g/mol. The van der Waals surface area contributed by atoms with Crippen LogP contribution in [-0.4, -0.2) is 92.5 Å². The quantitative estimate of drug-likeness (QED) is 0.514. The van der Waals surface area contributed by atoms with Gasteiger partial charge in [0, 0.05) is 39.6 Å². The number of rotatable bonds is 3. The summed E-state index contributed by atoms with van der Waals surface area (Å²) in [6.45, 7) is 7.10. The molecule has 0 saturated heterocycles. The Morgan fingerprint density at radius 3 is 2.46 bits per heavy atom. The molecule has 39 heavy (non-hydrogen) atoms. The fourth-order valence-electron chi connectivity index (χ4n) is 4.24. The zero-order chi connectivity index (χ0) is 28.9. The number of benzene rings is 1. The molecule has 11 heteroatoms. The van der Waals surface area contributed by atoms with Gasteiger partial charge in [-0.25, -0.2) is 0 Å². The first-order valence-electron chi connectivity index (χ1n) is 13.7. The van der Waals surface area contributed by atoms with Crippen molar-refractivity contribution in [2.24, 2.45) is 11.7 Å². The topological polar surface area (TPSA) is 143 Å². The van der Waals surface area contributed by atoms with E-state index in [1.807, 2.05) is 19.9 Å². The summed E-state index contributed by atoms with van der Waals surface area (Å²) in [5.41, 5.74) is 7.00. The molecule has 1 aromatic rings. The number of hydrogen-bond donors (Lipinski definition) is 3. The molecule has 1 heterocycles. The Labute approximate surface area is 231 Å². The maximum absolute atomic E-state index is 13.0. The van der Waals surface area contributed by atoms with Crippen LogP contribution in [0.15, 0.2) is 18.2 Å². The second-order valence-electron chi connectivity index (χ2n) is 10.3. The van der Waals surface area contributed by atoms with Crippen molar-refractivity contribution in [2.45, 2.75) is 65.0 Å². The summed E-state index contributed by atoms with van der Waals surface area (Å²) in [6, 6.07) is 4.00. The molecule has 11 nitrogen and oxygen atoms in total. The van der Waals surface area contributed by atoms with Crippen molar-refractivity contribution in [1.29, 1.82) is 0 Å². The number of nitrogens with two attached hydrogens (primary N) is 1. The zero-order valence-electron chi connectivity index (χ0n) is 24.0. The second kappa shape index (κ2) is 15.9. The Bertz CT molecular complexity index is 985. The lowest BCUT2D eigenvalue weighted by Gasteiger charge is -2.28. The third-order valence-corrected chi connectivity index (χ3v) is 6.77. The third-order valence-electron chi connectivity index (χ3n) is 6.77. The van der Waals surface area contributed by atoms with Gasteiger partial charge in [0.1, 0.15) is 6.04 Å². The van der Waals surface area contributed by atoms with Gasteiger partial charge in [0.25, 0.3) is 5.91 Å². The predicted octanol–water partition coefficient (Wildman–Crippen LogP) is 1.08. The third kappa shape index (κ3) is 10.4. The van der Waals surface area contributed by atoms with E-state index in [1.54, 1.807) is 35.9 Å². The van der Waals surface area contributed by atoms with E-state index in [0.717, 1.165) is 5.56 Å². The fraction of sp³-hybridized carbons (Fsp3) is 0.643. The Morgan fingerprint density at radius 2 is 1.77 bits per heavy atom. The van der Waals surface area contributed by atoms with Crippen LogP contribution in [0.25, 0.3) is 0 Å². The van der Waals surface area contributed by atoms with Crippen molar-refractivity contribution in [2.75, 3.05) is 46.9 Å². The SMILES string of the molecule is COc1ccc2cc1OCC(=O)N[C@@H](C)C(=O)N(C)CCCCN(C(=O)[C@H](N)C(C)C)CCCNC(=O)CC2. The van der Waals surface area contributed by atoms with Crippen LogP contribution in [0.2, 0.25) is 0 Å². The number of methoxy groups -OCH3 is 1. The fourth-order valence-corrected chi connectivity index (χ4v) is 4.24. The first-order chi connectivity index (χ1) is 18.5. The van der Waals surface area contributed by atoms with Gasteiger partial charge >= 0.3 is 0 Å². The summed E-state index contributed by atoms with van der Waals surface area (Å²) in [5.74, 6) is 0.0106. The Morgan fingerprint density at radius 1 is 1.08 bits per heavy atom. The van der Waals surface area contributed by atoms with Gasteiger partial charge in [-0.2, -0.15) is 0 Å². The molecule has 1 aromatic carbocycles. The molecule has 0 aromatic heterocycles. The van der Waals surface area contributed by atoms with Gasteiger partial charge in [0.2, 0.25) is 17.7 Å². The molecule has 0 unspecified atom stereocenters. The molecule has 0 aliphatic carbocycles. The molecule has 4 N–H and O–H groups in total. The van der Waals surface area contributed by atoms with Crippen molar-refractivity contribution in [1.82, 2.24) is 20.4 Å². The number of aryl methyl sites for hydroxylation is 1. The highest BCUT2D eigenvalue weighted by Gasteiger charge is 2.24. The second-order valence-corrected chi connectivity index (χ2v) is 10.3. The molecular weight excluding hydrogens is 502 g/mol. The van der Waals surface area contributed by atoms with E-state index in [0.29, 0.717) is 63.4 Å². The highest BCUT2D eigenvalue weighted by Crippen LogP contribution is 2.28. The first kappa shape index (κ1) is 31.9. The number of hydrogen-bond acceptors (Lipinski definition) is 7. The van der Waals surface area contributed by atoms with E-state index in [2.05, 4.69) is 10.6 Å². The number of nitrogens with zero attached hydrogens (tertiary/aromatic N) is 2. The summed E-state index contributed by atoms with van der Waals surface area (Å²) in [6.07, 6.45) is 2.73. The lowest BCUT2D eigenvalue weighted by Crippen LogP contribution is -2.48. The van der Waals surface area contributed by atoms with Crippen LogP contribution in [0, 0.1) is 5.92 Å². The molecule has 218 valence electrons. The molecule has 2 rings (SSSR count). The molecule has 0 saturated carbocycles. The molecule has 2 bridgehead atoms. The summed E-state index contributed by atoms with van der Waals surface area (Å²) in [4.78, 5) is 54.0. The van der Waals surface area contributed by atoms with Crippen molar-refractivity contribution in [3.8, 4) is 11.5 Å². The minimum absolute atomic E-state index is 0.0101. The maximum atomic E-state index is 13.0. The van der Waals surface area contributed by atoms with Gasteiger partial charge < -0.3 is 35.6 Å². The largest absolute Gasteiger partial charge is 0.493 e. The van der Waals surface area contributed by atoms with E-state index in [4.69, 9.17) is 15.2 Å². The summed E-state index contributed by atoms with van der Waals surface area (Å²) in [5, 5.41) is 5.60. The van der Waals surface area contributed by atoms with Crippen LogP contribution < -0.4 is 25.8 Å². The van der Waals surface area contributed by atoms with Crippen LogP contribution in [0.3, 0.4) is 0 Å². The highest BCUT2D eigenvalue weighted by molar-refractivity contribution is 5.87. The van der Waals surface area contributed by atoms with E-state index in [9.17, 15) is 19.2 Å². The number of nitrogens with one attached hydrogen (secondary N) is 2. The molecule has 0 spiro atoms. The number of carbonyl (C=O) groups is 4. The zero-order valence-corrected chi connectivity index (χ0v) is 24.0. The molecule has 1 aliphatic heterocycles. The average Bonchev–Trinajstić information content (AvgIpc) is 2.91. The van der Waals surface area contributed by atoms with Crippen LogP contribution in [0.4, 0.5) is 0 Å². The van der Waals surface area contributed by atoms with Gasteiger partial charge in [0.05, 0.1) is 13.2 Å². The minimum atomic E-state index is -0.724. The lowest BCUT2D eigenvalue weighted by molar-refractivity contribution is -0.135. The van der Waals surface area contributed by atoms with Gasteiger partial charge in [0.15, 0.2) is 18.1 Å². The number of fused-ring (bicyclic) bond motifs is 2. The first-order valence-corrected chi connectivity index (χ1v) is 13.7. The summed E-state index contributed by atoms with van der Waals surface area (Å²) < 4.78 is 11.0. The van der Waals surface area contributed by atoms with Crippen LogP contribution in [0.1, 0.15) is 52.0 Å². The summed E-state index contributed by atoms with van der Waals surface area (Å²) >= 11 is 0. The van der Waals surface area contributed by atoms with E-state index >= 15 is 0 Å². The lowest BCUT2D eigenvalue weighted by atomic mass is 10.0. The van der Waals surface area contributed by atoms with Crippen LogP contribution in [-0.2, 0) is 25.6 Å². The van der Waals surface area contributed by atoms with Crippen LogP contribution >= 0.6 is 0 Å². The highest BCUT2D eigenvalue weighted by atomic mass is 16.5. The molecule has 0 radical (unpaired) electrons. The van der Waals surface area contributed by atoms with E-state index < -0.39 is 18.0 Å². The molecular formula is C28H45N5O6. The standard InChI is InChI=1S/C28H45N5O6/c1-19(2)26(29)28(37)33-15-7-6-14-32(4)27(36)20(3)31-25(35)18-39-23-17-21(9-11-22(23)38-5)10-12-24(34)30-13-8-16-33/h9,11,17,19-20,26H,6-8,10,12-16,18,29H2,1-5H3,(H,30,34)(H,31,35)/t20-,26+/m0/s1. The smallest absolute Gasteiger partial charge is 0.258 e. The number of carbonyl (C=O) groups excluding carboxylic acids is 4. The van der Waals surface area contributed by atoms with Crippen molar-refractivity contribution in [3.05, 3.63) is 23.8 Å². The van der Waals surface area contributed by atoms with Crippen molar-refractivity contribution in [3.63, 3.8) is 0 Å². The minimum Gasteiger partial charge on any atom is -0.493 e. The molecule has 4 amide bonds. The number of ether oxygens (including phenoxy) is 2. The van der Waals surface area contributed by atoms with Crippen molar-refractivity contribution >= 4 is 23.6 Å². The predicted molar refractivity (Wildman–Crippen MR) is 148 cm³/mol. The molecule has 2 atom stereocenters. The monoisotopic (exact) mass is 547 g/mol. The van der Waals surface area contributed by atoms with Crippen molar-refractivity contribution < 1.29 is 28.7 Å². The molecule has 1 aliphatic rings. The van der Waals surface area contributed by atoms with Gasteiger partial charge in [-0.1, -0.05) is 19.9 Å². The van der Waals surface area contributed by atoms with E-state index in [-0.39, 0.29) is 36.7 Å². The number of amides is 4. The Hall–Kier alpha value is -3.34. The Balaban J connectivity index is 2.15. The molecule has 0 fully saturated rings. The number of likely N-dealkylation sites (N-methyl/N-ethyl adjacent to an activating group) is 1. The van der Waals surface area contributed by atoms with Gasteiger partial charge in [-0.05, 0) is 56.2 Å². The van der Waals surface area contributed by atoms with Gasteiger partial charge in [-0.3, -0.25) is 19.2 Å². The van der Waals surface area contributed by atoms with Gasteiger partial charge in [-0.15, -0.1) is 0 Å². The van der Waals surface area contributed by atoms with E-state index in [1.165, 1.54) is 7.11 Å².